The maximum Gasteiger partial charge on any atom is 0.159 e. The summed E-state index contributed by atoms with van der Waals surface area (Å²) in [7, 11) is 0. The molecule has 5 nitrogen and oxygen atoms in total. The van der Waals surface area contributed by atoms with E-state index in [4.69, 9.17) is 11.5 Å². The number of nitrogens with two attached hydrogens (primary N) is 2. The lowest BCUT2D eigenvalue weighted by Crippen LogP contribution is -2.34. The number of aryl methyl sites for hydroxylation is 1. The van der Waals surface area contributed by atoms with Crippen molar-refractivity contribution in [2.75, 3.05) is 31.1 Å². The van der Waals surface area contributed by atoms with E-state index in [9.17, 15) is 0 Å². The Labute approximate surface area is 107 Å². The molecular weight excluding hydrogens is 226 g/mol. The maximum atomic E-state index is 5.64. The van der Waals surface area contributed by atoms with Crippen molar-refractivity contribution < 1.29 is 0 Å². The first-order valence-electron chi connectivity index (χ1n) is 6.15. The third-order valence-corrected chi connectivity index (χ3v) is 2.95. The highest BCUT2D eigenvalue weighted by molar-refractivity contribution is 5.93. The molecule has 2 rings (SSSR count). The zero-order valence-corrected chi connectivity index (χ0v) is 10.6. The fourth-order valence-corrected chi connectivity index (χ4v) is 2.09. The number of aromatic nitrogens is 2. The van der Waals surface area contributed by atoms with Gasteiger partial charge in [-0.25, -0.2) is 0 Å². The molecule has 0 aliphatic carbocycles. The molecule has 0 radical (unpaired) electrons. The van der Waals surface area contributed by atoms with Gasteiger partial charge in [-0.1, -0.05) is 24.3 Å². The minimum atomic E-state index is 0.573. The molecule has 4 N–H and O–H groups in total. The molecule has 0 unspecified atom stereocenters. The Kier molecular flexibility index (Phi) is 4.07. The first-order chi connectivity index (χ1) is 8.77. The van der Waals surface area contributed by atoms with Gasteiger partial charge < -0.3 is 16.4 Å². The topological polar surface area (TPSA) is 81.1 Å². The quantitative estimate of drug-likeness (QED) is 0.809. The minimum absolute atomic E-state index is 0.573. The molecule has 0 aliphatic heterocycles. The Balaban J connectivity index is 2.52. The Hall–Kier alpha value is -1.72. The van der Waals surface area contributed by atoms with Crippen LogP contribution in [0.15, 0.2) is 24.3 Å². The molecular formula is C13H19N5. The van der Waals surface area contributed by atoms with Crippen molar-refractivity contribution in [3.8, 4) is 0 Å². The second kappa shape index (κ2) is 5.75. The standard InChI is InChI=1S/C13H19N5/c1-10-11-4-2-3-5-12(11)13(17-16-10)18(8-6-14)9-7-15/h2-5H,6-9,14-15H2,1H3. The van der Waals surface area contributed by atoms with E-state index in [0.29, 0.717) is 13.1 Å². The summed E-state index contributed by atoms with van der Waals surface area (Å²) in [5.74, 6) is 0.868. The average molecular weight is 245 g/mol. The van der Waals surface area contributed by atoms with Gasteiger partial charge in [0.2, 0.25) is 0 Å². The first-order valence-corrected chi connectivity index (χ1v) is 6.15. The molecule has 0 aliphatic rings. The third kappa shape index (κ3) is 2.42. The highest BCUT2D eigenvalue weighted by atomic mass is 15.3. The summed E-state index contributed by atoms with van der Waals surface area (Å²) < 4.78 is 0. The van der Waals surface area contributed by atoms with E-state index in [2.05, 4.69) is 27.2 Å². The normalized spacial score (nSPS) is 10.8. The van der Waals surface area contributed by atoms with Crippen molar-refractivity contribution in [3.63, 3.8) is 0 Å². The second-order valence-corrected chi connectivity index (χ2v) is 4.22. The van der Waals surface area contributed by atoms with Gasteiger partial charge in [0, 0.05) is 37.0 Å². The number of benzene rings is 1. The fraction of sp³-hybridized carbons (Fsp3) is 0.385. The Morgan fingerprint density at radius 3 is 2.22 bits per heavy atom. The Morgan fingerprint density at radius 2 is 1.61 bits per heavy atom. The molecule has 0 saturated heterocycles. The predicted octanol–water partition coefficient (Wildman–Crippen LogP) is 0.662. The molecule has 0 atom stereocenters. The fourth-order valence-electron chi connectivity index (χ4n) is 2.09. The van der Waals surface area contributed by atoms with Crippen LogP contribution >= 0.6 is 0 Å². The molecule has 18 heavy (non-hydrogen) atoms. The van der Waals surface area contributed by atoms with Crippen molar-refractivity contribution in [2.45, 2.75) is 6.92 Å². The van der Waals surface area contributed by atoms with Gasteiger partial charge >= 0.3 is 0 Å². The molecule has 0 fully saturated rings. The summed E-state index contributed by atoms with van der Waals surface area (Å²) in [6.07, 6.45) is 0. The van der Waals surface area contributed by atoms with E-state index in [1.807, 2.05) is 19.1 Å². The van der Waals surface area contributed by atoms with Crippen molar-refractivity contribution in [1.29, 1.82) is 0 Å². The van der Waals surface area contributed by atoms with Gasteiger partial charge in [-0.2, -0.15) is 5.10 Å². The molecule has 1 aromatic carbocycles. The van der Waals surface area contributed by atoms with Gasteiger partial charge in [0.15, 0.2) is 5.82 Å². The Morgan fingerprint density at radius 1 is 1.00 bits per heavy atom. The van der Waals surface area contributed by atoms with Crippen LogP contribution in [0.25, 0.3) is 10.8 Å². The molecule has 0 saturated carbocycles. The molecule has 1 aromatic heterocycles. The second-order valence-electron chi connectivity index (χ2n) is 4.22. The summed E-state index contributed by atoms with van der Waals surface area (Å²) >= 11 is 0. The predicted molar refractivity (Wildman–Crippen MR) is 74.6 cm³/mol. The lowest BCUT2D eigenvalue weighted by molar-refractivity contribution is 0.762. The van der Waals surface area contributed by atoms with Crippen molar-refractivity contribution in [1.82, 2.24) is 10.2 Å². The van der Waals surface area contributed by atoms with Gasteiger partial charge in [0.1, 0.15) is 0 Å². The van der Waals surface area contributed by atoms with Crippen LogP contribution in [0.2, 0.25) is 0 Å². The number of rotatable bonds is 5. The van der Waals surface area contributed by atoms with E-state index in [1.54, 1.807) is 0 Å². The van der Waals surface area contributed by atoms with Gasteiger partial charge in [-0.05, 0) is 6.92 Å². The first kappa shape index (κ1) is 12.7. The number of nitrogens with zero attached hydrogens (tertiary/aromatic N) is 3. The van der Waals surface area contributed by atoms with E-state index >= 15 is 0 Å². The zero-order valence-electron chi connectivity index (χ0n) is 10.6. The van der Waals surface area contributed by atoms with Crippen molar-refractivity contribution >= 4 is 16.6 Å². The summed E-state index contributed by atoms with van der Waals surface area (Å²) in [5, 5.41) is 10.8. The molecule has 1 heterocycles. The number of anilines is 1. The summed E-state index contributed by atoms with van der Waals surface area (Å²) in [5.41, 5.74) is 12.2. The SMILES string of the molecule is Cc1nnc(N(CCN)CCN)c2ccccc12. The molecule has 0 bridgehead atoms. The van der Waals surface area contributed by atoms with Crippen LogP contribution in [0.1, 0.15) is 5.69 Å². The molecule has 0 spiro atoms. The van der Waals surface area contributed by atoms with Crippen molar-refractivity contribution in [2.24, 2.45) is 11.5 Å². The van der Waals surface area contributed by atoms with E-state index in [1.165, 1.54) is 0 Å². The monoisotopic (exact) mass is 245 g/mol. The minimum Gasteiger partial charge on any atom is -0.352 e. The summed E-state index contributed by atoms with van der Waals surface area (Å²) in [6, 6.07) is 8.14. The number of fused-ring (bicyclic) bond motifs is 1. The van der Waals surface area contributed by atoms with E-state index in [-0.39, 0.29) is 0 Å². The lowest BCUT2D eigenvalue weighted by Gasteiger charge is -2.23. The van der Waals surface area contributed by atoms with Crippen LogP contribution in [-0.4, -0.2) is 36.4 Å². The van der Waals surface area contributed by atoms with E-state index < -0.39 is 0 Å². The van der Waals surface area contributed by atoms with Crippen LogP contribution in [-0.2, 0) is 0 Å². The van der Waals surface area contributed by atoms with Gasteiger partial charge in [0.25, 0.3) is 0 Å². The maximum absolute atomic E-state index is 5.64. The average Bonchev–Trinajstić information content (AvgIpc) is 2.39. The largest absolute Gasteiger partial charge is 0.352 e. The molecule has 5 heteroatoms. The zero-order chi connectivity index (χ0) is 13.0. The van der Waals surface area contributed by atoms with Gasteiger partial charge in [-0.15, -0.1) is 5.10 Å². The van der Waals surface area contributed by atoms with Crippen LogP contribution in [0.5, 0.6) is 0 Å². The lowest BCUT2D eigenvalue weighted by atomic mass is 10.1. The van der Waals surface area contributed by atoms with Crippen molar-refractivity contribution in [3.05, 3.63) is 30.0 Å². The smallest absolute Gasteiger partial charge is 0.159 e. The van der Waals surface area contributed by atoms with E-state index in [0.717, 1.165) is 35.4 Å². The highest BCUT2D eigenvalue weighted by Crippen LogP contribution is 2.24. The molecule has 2 aromatic rings. The third-order valence-electron chi connectivity index (χ3n) is 2.95. The Bertz CT molecular complexity index is 520. The van der Waals surface area contributed by atoms with Gasteiger partial charge in [-0.3, -0.25) is 0 Å². The molecule has 0 amide bonds. The van der Waals surface area contributed by atoms with Crippen LogP contribution in [0.4, 0.5) is 5.82 Å². The summed E-state index contributed by atoms with van der Waals surface area (Å²) in [4.78, 5) is 2.09. The van der Waals surface area contributed by atoms with Crippen LogP contribution < -0.4 is 16.4 Å². The molecule has 96 valence electrons. The van der Waals surface area contributed by atoms with Gasteiger partial charge in [0.05, 0.1) is 5.69 Å². The number of hydrogen-bond acceptors (Lipinski definition) is 5. The van der Waals surface area contributed by atoms with Crippen LogP contribution in [0.3, 0.4) is 0 Å². The van der Waals surface area contributed by atoms with Crippen LogP contribution in [0, 0.1) is 6.92 Å². The number of hydrogen-bond donors (Lipinski definition) is 2. The highest BCUT2D eigenvalue weighted by Gasteiger charge is 2.12. The summed E-state index contributed by atoms with van der Waals surface area (Å²) in [6.45, 7) is 4.58.